The van der Waals surface area contributed by atoms with E-state index in [0.29, 0.717) is 25.3 Å². The molecule has 0 spiro atoms. The lowest BCUT2D eigenvalue weighted by Gasteiger charge is -2.23. The number of rotatable bonds is 12. The lowest BCUT2D eigenvalue weighted by molar-refractivity contribution is 0.0384. The molecular weight excluding hydrogens is 467 g/mol. The van der Waals surface area contributed by atoms with Gasteiger partial charge in [0.05, 0.1) is 0 Å². The van der Waals surface area contributed by atoms with Gasteiger partial charge in [-0.2, -0.15) is 0 Å². The lowest BCUT2D eigenvalue weighted by Crippen LogP contribution is -2.33. The first-order chi connectivity index (χ1) is 15.1. The Balaban J connectivity index is 0.00000272. The summed E-state index contributed by atoms with van der Waals surface area (Å²) in [4.78, 5) is 29.3. The molecule has 1 aromatic heterocycles. The minimum Gasteiger partial charge on any atom is -0.458 e. The number of halogens is 2. The third-order valence-electron chi connectivity index (χ3n) is 6.47. The van der Waals surface area contributed by atoms with Crippen LogP contribution < -0.4 is 0 Å². The predicted molar refractivity (Wildman–Crippen MR) is 133 cm³/mol. The van der Waals surface area contributed by atoms with Crippen molar-refractivity contribution in [1.29, 1.82) is 0 Å². The van der Waals surface area contributed by atoms with Gasteiger partial charge in [-0.25, -0.2) is 9.59 Å². The minimum atomic E-state index is -0.537. The van der Waals surface area contributed by atoms with Crippen LogP contribution in [-0.4, -0.2) is 73.2 Å². The van der Waals surface area contributed by atoms with E-state index in [1.165, 1.54) is 63.5 Å². The molecule has 2 atom stereocenters. The van der Waals surface area contributed by atoms with Crippen molar-refractivity contribution in [1.82, 2.24) is 9.80 Å². The summed E-state index contributed by atoms with van der Waals surface area (Å²) in [5, 5.41) is 0. The van der Waals surface area contributed by atoms with Crippen LogP contribution in [-0.2, 0) is 9.47 Å². The Morgan fingerprint density at radius 1 is 0.848 bits per heavy atom. The standard InChI is InChI=1S/C24H38N2O5.2ClH/c1-3-7-19-9-5-13-25(19)15-17-29-23(27)21-11-12-22(31-21)24(28)30-18-16-26-14-6-10-20(26)8-4-2;;/h11-12,19-20H,3-10,13-18H2,1-2H3;2*1H. The number of likely N-dealkylation sites (tertiary alicyclic amines) is 2. The summed E-state index contributed by atoms with van der Waals surface area (Å²) in [6.45, 7) is 8.66. The van der Waals surface area contributed by atoms with Gasteiger partial charge >= 0.3 is 11.9 Å². The quantitative estimate of drug-likeness (QED) is 0.370. The van der Waals surface area contributed by atoms with Crippen LogP contribution in [0.5, 0.6) is 0 Å². The largest absolute Gasteiger partial charge is 0.458 e. The highest BCUT2D eigenvalue weighted by Crippen LogP contribution is 2.22. The van der Waals surface area contributed by atoms with Crippen LogP contribution in [0.1, 0.15) is 86.3 Å². The zero-order valence-corrected chi connectivity index (χ0v) is 21.6. The second-order valence-corrected chi connectivity index (χ2v) is 8.68. The molecular formula is C24H40Cl2N2O5. The first-order valence-corrected chi connectivity index (χ1v) is 12.0. The van der Waals surface area contributed by atoms with Gasteiger partial charge in [-0.1, -0.05) is 26.7 Å². The molecule has 2 aliphatic heterocycles. The number of furan rings is 1. The highest BCUT2D eigenvalue weighted by atomic mass is 35.5. The summed E-state index contributed by atoms with van der Waals surface area (Å²) < 4.78 is 16.1. The maximum atomic E-state index is 12.3. The average Bonchev–Trinajstić information content (AvgIpc) is 3.50. The van der Waals surface area contributed by atoms with Crippen LogP contribution >= 0.6 is 24.8 Å². The smallest absolute Gasteiger partial charge is 0.374 e. The number of ether oxygens (including phenoxy) is 2. The van der Waals surface area contributed by atoms with Gasteiger partial charge in [0.2, 0.25) is 11.5 Å². The third-order valence-corrected chi connectivity index (χ3v) is 6.47. The molecule has 0 aliphatic carbocycles. The molecule has 33 heavy (non-hydrogen) atoms. The highest BCUT2D eigenvalue weighted by Gasteiger charge is 2.25. The fourth-order valence-electron chi connectivity index (χ4n) is 4.91. The molecule has 0 bridgehead atoms. The Morgan fingerprint density at radius 2 is 1.27 bits per heavy atom. The summed E-state index contributed by atoms with van der Waals surface area (Å²) in [5.41, 5.74) is 0. The Kier molecular flexibility index (Phi) is 14.1. The van der Waals surface area contributed by atoms with Crippen molar-refractivity contribution >= 4 is 36.8 Å². The molecule has 7 nitrogen and oxygen atoms in total. The fourth-order valence-corrected chi connectivity index (χ4v) is 4.91. The van der Waals surface area contributed by atoms with Crippen LogP contribution in [0.4, 0.5) is 0 Å². The predicted octanol–water partition coefficient (Wildman–Crippen LogP) is 4.97. The van der Waals surface area contributed by atoms with Gasteiger partial charge in [0.25, 0.3) is 0 Å². The third kappa shape index (κ3) is 8.78. The van der Waals surface area contributed by atoms with Crippen molar-refractivity contribution in [3.05, 3.63) is 23.7 Å². The van der Waals surface area contributed by atoms with Gasteiger partial charge in [0, 0.05) is 25.2 Å². The van der Waals surface area contributed by atoms with Crippen LogP contribution in [0, 0.1) is 0 Å². The van der Waals surface area contributed by atoms with Gasteiger partial charge in [-0.15, -0.1) is 24.8 Å². The summed E-state index contributed by atoms with van der Waals surface area (Å²) in [6, 6.07) is 4.16. The maximum Gasteiger partial charge on any atom is 0.374 e. The molecule has 2 aliphatic rings. The number of nitrogens with zero attached hydrogens (tertiary/aromatic N) is 2. The number of hydrogen-bond donors (Lipinski definition) is 0. The lowest BCUT2D eigenvalue weighted by atomic mass is 10.1. The molecule has 2 saturated heterocycles. The van der Waals surface area contributed by atoms with E-state index in [-0.39, 0.29) is 36.3 Å². The molecule has 9 heteroatoms. The Labute approximate surface area is 210 Å². The monoisotopic (exact) mass is 506 g/mol. The van der Waals surface area contributed by atoms with E-state index >= 15 is 0 Å². The van der Waals surface area contributed by atoms with Crippen LogP contribution in [0.2, 0.25) is 0 Å². The Morgan fingerprint density at radius 3 is 1.67 bits per heavy atom. The van der Waals surface area contributed by atoms with Crippen molar-refractivity contribution in [3.8, 4) is 0 Å². The van der Waals surface area contributed by atoms with E-state index in [9.17, 15) is 9.59 Å². The number of carbonyl (C=O) groups excluding carboxylic acids is 2. The van der Waals surface area contributed by atoms with Crippen LogP contribution in [0.3, 0.4) is 0 Å². The summed E-state index contributed by atoms with van der Waals surface area (Å²) in [6.07, 6.45) is 9.58. The fraction of sp³-hybridized carbons (Fsp3) is 0.750. The van der Waals surface area contributed by atoms with E-state index < -0.39 is 11.9 Å². The van der Waals surface area contributed by atoms with Crippen molar-refractivity contribution in [2.75, 3.05) is 39.4 Å². The van der Waals surface area contributed by atoms with Gasteiger partial charge in [-0.3, -0.25) is 9.80 Å². The summed E-state index contributed by atoms with van der Waals surface area (Å²) in [5.74, 6) is -0.989. The summed E-state index contributed by atoms with van der Waals surface area (Å²) in [7, 11) is 0. The molecule has 3 heterocycles. The topological polar surface area (TPSA) is 72.2 Å². The molecule has 190 valence electrons. The maximum absolute atomic E-state index is 12.3. The van der Waals surface area contributed by atoms with E-state index in [4.69, 9.17) is 13.9 Å². The first-order valence-electron chi connectivity index (χ1n) is 12.0. The average molecular weight is 507 g/mol. The van der Waals surface area contributed by atoms with Crippen molar-refractivity contribution in [2.45, 2.75) is 77.3 Å². The van der Waals surface area contributed by atoms with E-state index in [1.807, 2.05) is 0 Å². The molecule has 2 unspecified atom stereocenters. The first kappa shape index (κ1) is 29.8. The van der Waals surface area contributed by atoms with E-state index in [1.54, 1.807) is 0 Å². The highest BCUT2D eigenvalue weighted by molar-refractivity contribution is 5.90. The van der Waals surface area contributed by atoms with Crippen LogP contribution in [0.25, 0.3) is 0 Å². The van der Waals surface area contributed by atoms with Crippen LogP contribution in [0.15, 0.2) is 16.5 Å². The SMILES string of the molecule is CCCC1CCCN1CCOC(=O)c1ccc(C(=O)OCCN2CCCC2CCC)o1.Cl.Cl. The Hall–Kier alpha value is -1.28. The number of carbonyl (C=O) groups is 2. The van der Waals surface area contributed by atoms with Gasteiger partial charge in [0.1, 0.15) is 13.2 Å². The van der Waals surface area contributed by atoms with Crippen molar-refractivity contribution < 1.29 is 23.5 Å². The Bertz CT molecular complexity index is 658. The molecule has 0 aromatic carbocycles. The molecule has 3 rings (SSSR count). The zero-order valence-electron chi connectivity index (χ0n) is 20.0. The summed E-state index contributed by atoms with van der Waals surface area (Å²) >= 11 is 0. The van der Waals surface area contributed by atoms with E-state index in [2.05, 4.69) is 23.6 Å². The van der Waals surface area contributed by atoms with Gasteiger partial charge in [-0.05, 0) is 63.7 Å². The second-order valence-electron chi connectivity index (χ2n) is 8.68. The number of esters is 2. The minimum absolute atomic E-state index is 0. The molecule has 0 amide bonds. The number of hydrogen-bond acceptors (Lipinski definition) is 7. The van der Waals surface area contributed by atoms with Crippen molar-refractivity contribution in [3.63, 3.8) is 0 Å². The molecule has 1 aromatic rings. The van der Waals surface area contributed by atoms with E-state index in [0.717, 1.165) is 26.2 Å². The molecule has 0 radical (unpaired) electrons. The molecule has 0 saturated carbocycles. The van der Waals surface area contributed by atoms with Crippen molar-refractivity contribution in [2.24, 2.45) is 0 Å². The normalized spacial score (nSPS) is 20.8. The molecule has 2 fully saturated rings. The van der Waals surface area contributed by atoms with Gasteiger partial charge in [0.15, 0.2) is 0 Å². The van der Waals surface area contributed by atoms with Gasteiger partial charge < -0.3 is 13.9 Å². The zero-order chi connectivity index (χ0) is 22.1. The molecule has 0 N–H and O–H groups in total. The second kappa shape index (κ2) is 15.6.